The Hall–Kier alpha value is -3.17. The molecule has 10 nitrogen and oxygen atoms in total. The summed E-state index contributed by atoms with van der Waals surface area (Å²) in [7, 11) is 0. The lowest BCUT2D eigenvalue weighted by Crippen LogP contribution is -2.43. The molecular weight excluding hydrogens is 284 g/mol. The number of carbonyl (C=O) groups excluding carboxylic acids is 2. The summed E-state index contributed by atoms with van der Waals surface area (Å²) in [5.74, 6) is -2.21. The molecule has 1 rings (SSSR count). The lowest BCUT2D eigenvalue weighted by atomic mass is 10.3. The van der Waals surface area contributed by atoms with Crippen LogP contribution in [0.5, 0.6) is 0 Å². The van der Waals surface area contributed by atoms with E-state index in [-0.39, 0.29) is 11.4 Å². The third-order valence-electron chi connectivity index (χ3n) is 2.27. The molecule has 0 spiro atoms. The fraction of sp³-hybridized carbons (Fsp3) is 0.182. The van der Waals surface area contributed by atoms with Gasteiger partial charge in [-0.3, -0.25) is 19.7 Å². The van der Waals surface area contributed by atoms with Gasteiger partial charge in [-0.15, -0.1) is 0 Å². The van der Waals surface area contributed by atoms with Crippen molar-refractivity contribution < 1.29 is 24.4 Å². The monoisotopic (exact) mass is 296 g/mol. The van der Waals surface area contributed by atoms with E-state index in [0.717, 1.165) is 6.07 Å². The zero-order valence-electron chi connectivity index (χ0n) is 10.7. The molecule has 1 aromatic rings. The Morgan fingerprint density at radius 2 is 2.00 bits per heavy atom. The highest BCUT2D eigenvalue weighted by Crippen LogP contribution is 2.17. The van der Waals surface area contributed by atoms with Gasteiger partial charge < -0.3 is 21.1 Å². The number of carboxylic acid groups (broad SMARTS) is 1. The molecule has 1 aromatic carbocycles. The number of nitrogens with one attached hydrogen (secondary N) is 1. The number of hydrogen-bond acceptors (Lipinski definition) is 5. The lowest BCUT2D eigenvalue weighted by Gasteiger charge is -2.19. The Morgan fingerprint density at radius 1 is 1.33 bits per heavy atom. The number of non-ortho nitro benzene ring substituents is 1. The number of nitrogens with two attached hydrogens (primary N) is 1. The second kappa shape index (κ2) is 6.84. The third kappa shape index (κ3) is 5.14. The first-order valence-electron chi connectivity index (χ1n) is 5.60. The number of amides is 3. The van der Waals surface area contributed by atoms with Crippen LogP contribution in [-0.2, 0) is 9.59 Å². The fourth-order valence-electron chi connectivity index (χ4n) is 1.45. The minimum Gasteiger partial charge on any atom is -0.480 e. The molecule has 0 radical (unpaired) electrons. The summed E-state index contributed by atoms with van der Waals surface area (Å²) in [4.78, 5) is 43.9. The Kier molecular flexibility index (Phi) is 5.17. The molecule has 0 heterocycles. The van der Waals surface area contributed by atoms with E-state index in [9.17, 15) is 24.5 Å². The van der Waals surface area contributed by atoms with Crippen molar-refractivity contribution in [2.24, 2.45) is 5.73 Å². The Bertz CT molecular complexity index is 572. The van der Waals surface area contributed by atoms with Crippen LogP contribution < -0.4 is 11.1 Å². The van der Waals surface area contributed by atoms with Crippen molar-refractivity contribution in [3.63, 3.8) is 0 Å². The summed E-state index contributed by atoms with van der Waals surface area (Å²) in [5.41, 5.74) is 4.77. The number of primary amides is 1. The largest absolute Gasteiger partial charge is 0.480 e. The molecule has 10 heteroatoms. The van der Waals surface area contributed by atoms with E-state index in [1.807, 2.05) is 0 Å². The number of nitro groups is 1. The number of benzene rings is 1. The molecule has 0 saturated carbocycles. The number of rotatable bonds is 6. The second-order valence-electron chi connectivity index (χ2n) is 3.95. The van der Waals surface area contributed by atoms with E-state index in [0.29, 0.717) is 4.90 Å². The molecule has 0 saturated heterocycles. The maximum Gasteiger partial charge on any atom is 0.323 e. The van der Waals surface area contributed by atoms with Crippen LogP contribution in [0, 0.1) is 10.1 Å². The van der Waals surface area contributed by atoms with Gasteiger partial charge in [0.15, 0.2) is 0 Å². The average Bonchev–Trinajstić information content (AvgIpc) is 2.37. The zero-order valence-corrected chi connectivity index (χ0v) is 10.7. The van der Waals surface area contributed by atoms with Crippen LogP contribution in [0.1, 0.15) is 0 Å². The van der Waals surface area contributed by atoms with Crippen molar-refractivity contribution in [3.8, 4) is 0 Å². The quantitative estimate of drug-likeness (QED) is 0.495. The number of carboxylic acids is 1. The Balaban J connectivity index is 2.85. The SMILES string of the molecule is NC(=O)CN(CC(=O)O)C(=O)Nc1cccc([N+](=O)[O-])c1. The molecule has 4 N–H and O–H groups in total. The number of nitrogens with zero attached hydrogens (tertiary/aromatic N) is 2. The molecule has 0 aliphatic rings. The van der Waals surface area contributed by atoms with Gasteiger partial charge in [0.25, 0.3) is 5.69 Å². The van der Waals surface area contributed by atoms with E-state index in [1.54, 1.807) is 0 Å². The van der Waals surface area contributed by atoms with Crippen molar-refractivity contribution in [1.29, 1.82) is 0 Å². The molecule has 0 unspecified atom stereocenters. The normalized spacial score (nSPS) is 9.71. The summed E-state index contributed by atoms with van der Waals surface area (Å²) >= 11 is 0. The van der Waals surface area contributed by atoms with Crippen LogP contribution in [-0.4, -0.2) is 45.9 Å². The molecule has 0 fully saturated rings. The number of anilines is 1. The first-order chi connectivity index (χ1) is 9.79. The van der Waals surface area contributed by atoms with Gasteiger partial charge in [0.2, 0.25) is 5.91 Å². The first-order valence-corrected chi connectivity index (χ1v) is 5.60. The summed E-state index contributed by atoms with van der Waals surface area (Å²) in [5, 5.41) is 21.5. The maximum atomic E-state index is 11.8. The van der Waals surface area contributed by atoms with Gasteiger partial charge in [0.05, 0.1) is 4.92 Å². The van der Waals surface area contributed by atoms with Crippen LogP contribution in [0.25, 0.3) is 0 Å². The van der Waals surface area contributed by atoms with E-state index < -0.39 is 35.9 Å². The van der Waals surface area contributed by atoms with Gasteiger partial charge in [-0.2, -0.15) is 0 Å². The van der Waals surface area contributed by atoms with Crippen molar-refractivity contribution in [2.75, 3.05) is 18.4 Å². The van der Waals surface area contributed by atoms with Crippen molar-refractivity contribution >= 4 is 29.3 Å². The number of carbonyl (C=O) groups is 3. The Labute approximate surface area is 118 Å². The summed E-state index contributed by atoms with van der Waals surface area (Å²) < 4.78 is 0. The minimum absolute atomic E-state index is 0.0917. The van der Waals surface area contributed by atoms with Gasteiger partial charge in [-0.05, 0) is 6.07 Å². The van der Waals surface area contributed by atoms with E-state index >= 15 is 0 Å². The Morgan fingerprint density at radius 3 is 2.52 bits per heavy atom. The standard InChI is InChI=1S/C11H12N4O6/c12-9(16)5-14(6-10(17)18)11(19)13-7-2-1-3-8(4-7)15(20)21/h1-4H,5-6H2,(H2,12,16)(H,13,19)(H,17,18). The second-order valence-corrected chi connectivity index (χ2v) is 3.95. The van der Waals surface area contributed by atoms with Gasteiger partial charge in [-0.1, -0.05) is 6.07 Å². The molecule has 0 bridgehead atoms. The van der Waals surface area contributed by atoms with Crippen molar-refractivity contribution in [2.45, 2.75) is 0 Å². The third-order valence-corrected chi connectivity index (χ3v) is 2.27. The highest BCUT2D eigenvalue weighted by atomic mass is 16.6. The highest BCUT2D eigenvalue weighted by molar-refractivity contribution is 5.94. The van der Waals surface area contributed by atoms with E-state index in [4.69, 9.17) is 10.8 Å². The number of hydrogen-bond donors (Lipinski definition) is 3. The van der Waals surface area contributed by atoms with Crippen LogP contribution in [0.3, 0.4) is 0 Å². The van der Waals surface area contributed by atoms with Crippen molar-refractivity contribution in [1.82, 2.24) is 4.90 Å². The fourth-order valence-corrected chi connectivity index (χ4v) is 1.45. The maximum absolute atomic E-state index is 11.8. The number of urea groups is 1. The first kappa shape index (κ1) is 15.9. The topological polar surface area (TPSA) is 156 Å². The van der Waals surface area contributed by atoms with Gasteiger partial charge in [-0.25, -0.2) is 4.79 Å². The predicted molar refractivity (Wildman–Crippen MR) is 70.5 cm³/mol. The van der Waals surface area contributed by atoms with E-state index in [2.05, 4.69) is 5.32 Å². The summed E-state index contributed by atoms with van der Waals surface area (Å²) in [6.45, 7) is -1.32. The highest BCUT2D eigenvalue weighted by Gasteiger charge is 2.19. The molecule has 0 aliphatic carbocycles. The molecule has 0 atom stereocenters. The van der Waals surface area contributed by atoms with Crippen LogP contribution >= 0.6 is 0 Å². The van der Waals surface area contributed by atoms with Crippen LogP contribution in [0.2, 0.25) is 0 Å². The number of aliphatic carboxylic acids is 1. The van der Waals surface area contributed by atoms with Gasteiger partial charge in [0.1, 0.15) is 13.1 Å². The summed E-state index contributed by atoms with van der Waals surface area (Å²) in [6.07, 6.45) is 0. The van der Waals surface area contributed by atoms with E-state index in [1.165, 1.54) is 18.2 Å². The minimum atomic E-state index is -1.33. The van der Waals surface area contributed by atoms with Crippen LogP contribution in [0.4, 0.5) is 16.2 Å². The van der Waals surface area contributed by atoms with Gasteiger partial charge >= 0.3 is 12.0 Å². The van der Waals surface area contributed by atoms with Crippen molar-refractivity contribution in [3.05, 3.63) is 34.4 Å². The lowest BCUT2D eigenvalue weighted by molar-refractivity contribution is -0.384. The number of nitro benzene ring substituents is 1. The smallest absolute Gasteiger partial charge is 0.323 e. The molecule has 21 heavy (non-hydrogen) atoms. The molecule has 112 valence electrons. The van der Waals surface area contributed by atoms with Crippen LogP contribution in [0.15, 0.2) is 24.3 Å². The molecule has 3 amide bonds. The molecular formula is C11H12N4O6. The molecule has 0 aliphatic heterocycles. The average molecular weight is 296 g/mol. The summed E-state index contributed by atoms with van der Waals surface area (Å²) in [6, 6.07) is 4.16. The molecule has 0 aromatic heterocycles. The zero-order chi connectivity index (χ0) is 16.0. The van der Waals surface area contributed by atoms with Gasteiger partial charge in [0, 0.05) is 17.8 Å². The predicted octanol–water partition coefficient (Wildman–Crippen LogP) is -0.00140.